The zero-order valence-electron chi connectivity index (χ0n) is 6.10. The Kier molecular flexibility index (Phi) is 6.10. The Labute approximate surface area is 73.7 Å². The first-order valence-corrected chi connectivity index (χ1v) is 2.94. The third kappa shape index (κ3) is 7.62. The smallest absolute Gasteiger partial charge is 0.368 e. The maximum atomic E-state index is 11.5. The minimum absolute atomic E-state index is 0. The summed E-state index contributed by atoms with van der Waals surface area (Å²) < 4.78 is 34.4. The molecule has 0 bridgehead atoms. The highest BCUT2D eigenvalue weighted by molar-refractivity contribution is 5.85. The van der Waals surface area contributed by atoms with Crippen LogP contribution in [0.25, 0.3) is 0 Å². The van der Waals surface area contributed by atoms with Gasteiger partial charge in [0, 0.05) is 6.42 Å². The molecule has 0 aromatic carbocycles. The predicted octanol–water partition coefficient (Wildman–Crippen LogP) is 0.563. The Balaban J connectivity index is 0. The Hall–Kier alpha value is -0.490. The van der Waals surface area contributed by atoms with Crippen molar-refractivity contribution in [2.75, 3.05) is 0 Å². The van der Waals surface area contributed by atoms with E-state index in [-0.39, 0.29) is 12.4 Å². The van der Waals surface area contributed by atoms with Crippen LogP contribution >= 0.6 is 12.4 Å². The van der Waals surface area contributed by atoms with E-state index in [1.54, 1.807) is 0 Å². The molecular weight excluding hydrogens is 197 g/mol. The highest BCUT2D eigenvalue weighted by Gasteiger charge is 2.28. The number of primary amides is 1. The zero-order chi connectivity index (χ0) is 9.07. The molecule has 0 rings (SSSR count). The molecule has 0 aliphatic heterocycles. The van der Waals surface area contributed by atoms with E-state index in [0.717, 1.165) is 0 Å². The number of halogens is 4. The van der Waals surface area contributed by atoms with Gasteiger partial charge in [-0.05, 0) is 6.42 Å². The first-order chi connectivity index (χ1) is 4.83. The van der Waals surface area contributed by atoms with Crippen molar-refractivity contribution in [3.05, 3.63) is 0 Å². The van der Waals surface area contributed by atoms with Crippen LogP contribution in [0.2, 0.25) is 0 Å². The van der Waals surface area contributed by atoms with E-state index in [0.29, 0.717) is 0 Å². The SMILES string of the molecule is Cl.NC(=O)C(N)CCC(F)(F)F. The van der Waals surface area contributed by atoms with Crippen LogP contribution in [-0.2, 0) is 4.79 Å². The minimum atomic E-state index is -4.27. The van der Waals surface area contributed by atoms with Crippen LogP contribution in [0.4, 0.5) is 13.2 Å². The van der Waals surface area contributed by atoms with Gasteiger partial charge in [0.25, 0.3) is 0 Å². The summed E-state index contributed by atoms with van der Waals surface area (Å²) in [6, 6.07) is -1.20. The van der Waals surface area contributed by atoms with E-state index in [1.807, 2.05) is 0 Å². The fraction of sp³-hybridized carbons (Fsp3) is 0.800. The van der Waals surface area contributed by atoms with Gasteiger partial charge in [0.1, 0.15) is 0 Å². The third-order valence-corrected chi connectivity index (χ3v) is 1.10. The highest BCUT2D eigenvalue weighted by Crippen LogP contribution is 2.21. The average molecular weight is 207 g/mol. The molecule has 0 saturated heterocycles. The number of nitrogens with two attached hydrogens (primary N) is 2. The molecule has 0 fully saturated rings. The maximum Gasteiger partial charge on any atom is 0.389 e. The molecular formula is C5H10ClF3N2O. The largest absolute Gasteiger partial charge is 0.389 e. The van der Waals surface area contributed by atoms with Crippen LogP contribution in [0, 0.1) is 0 Å². The van der Waals surface area contributed by atoms with Crippen molar-refractivity contribution in [2.45, 2.75) is 25.1 Å². The zero-order valence-corrected chi connectivity index (χ0v) is 6.91. The Morgan fingerprint density at radius 3 is 2.08 bits per heavy atom. The Morgan fingerprint density at radius 1 is 1.42 bits per heavy atom. The van der Waals surface area contributed by atoms with Crippen LogP contribution in [-0.4, -0.2) is 18.1 Å². The summed E-state index contributed by atoms with van der Waals surface area (Å²) >= 11 is 0. The second-order valence-electron chi connectivity index (χ2n) is 2.16. The van der Waals surface area contributed by atoms with Gasteiger partial charge in [-0.3, -0.25) is 4.79 Å². The number of alkyl halides is 3. The lowest BCUT2D eigenvalue weighted by molar-refractivity contribution is -0.137. The average Bonchev–Trinajstić information content (AvgIpc) is 1.80. The second-order valence-corrected chi connectivity index (χ2v) is 2.16. The lowest BCUT2D eigenvalue weighted by Gasteiger charge is -2.08. The quantitative estimate of drug-likeness (QED) is 0.709. The summed E-state index contributed by atoms with van der Waals surface area (Å²) in [7, 11) is 0. The summed E-state index contributed by atoms with van der Waals surface area (Å²) in [5, 5.41) is 0. The van der Waals surface area contributed by atoms with Crippen LogP contribution in [0.5, 0.6) is 0 Å². The van der Waals surface area contributed by atoms with Crippen molar-refractivity contribution in [1.29, 1.82) is 0 Å². The minimum Gasteiger partial charge on any atom is -0.368 e. The molecule has 0 aliphatic carbocycles. The van der Waals surface area contributed by atoms with Crippen molar-refractivity contribution in [2.24, 2.45) is 11.5 Å². The van der Waals surface area contributed by atoms with Crippen LogP contribution in [0.15, 0.2) is 0 Å². The molecule has 1 amide bonds. The van der Waals surface area contributed by atoms with Gasteiger partial charge in [-0.25, -0.2) is 0 Å². The number of carbonyl (C=O) groups is 1. The van der Waals surface area contributed by atoms with Gasteiger partial charge in [0.15, 0.2) is 0 Å². The van der Waals surface area contributed by atoms with Crippen LogP contribution < -0.4 is 11.5 Å². The lowest BCUT2D eigenvalue weighted by atomic mass is 10.1. The number of amides is 1. The van der Waals surface area contributed by atoms with E-state index in [1.165, 1.54) is 0 Å². The fourth-order valence-electron chi connectivity index (χ4n) is 0.461. The standard InChI is InChI=1S/C5H9F3N2O.ClH/c6-5(7,8)2-1-3(9)4(10)11;/h3H,1-2,9H2,(H2,10,11);1H. The molecule has 0 saturated carbocycles. The topological polar surface area (TPSA) is 69.1 Å². The monoisotopic (exact) mass is 206 g/mol. The Bertz CT molecular complexity index is 150. The summed E-state index contributed by atoms with van der Waals surface area (Å²) in [5.41, 5.74) is 9.58. The number of carbonyl (C=O) groups excluding carboxylic acids is 1. The second kappa shape index (κ2) is 5.21. The molecule has 0 spiro atoms. The molecule has 1 unspecified atom stereocenters. The van der Waals surface area contributed by atoms with Gasteiger partial charge in [0.05, 0.1) is 6.04 Å². The van der Waals surface area contributed by atoms with Crippen molar-refractivity contribution in [1.82, 2.24) is 0 Å². The normalized spacial score (nSPS) is 13.3. The third-order valence-electron chi connectivity index (χ3n) is 1.10. The van der Waals surface area contributed by atoms with Gasteiger partial charge in [-0.2, -0.15) is 13.2 Å². The number of hydrogen-bond acceptors (Lipinski definition) is 2. The molecule has 0 aromatic heterocycles. The lowest BCUT2D eigenvalue weighted by Crippen LogP contribution is -2.37. The Morgan fingerprint density at radius 2 is 1.83 bits per heavy atom. The fourth-order valence-corrected chi connectivity index (χ4v) is 0.461. The van der Waals surface area contributed by atoms with Gasteiger partial charge >= 0.3 is 6.18 Å². The molecule has 1 atom stereocenters. The van der Waals surface area contributed by atoms with E-state index >= 15 is 0 Å². The van der Waals surface area contributed by atoms with E-state index in [4.69, 9.17) is 5.73 Å². The van der Waals surface area contributed by atoms with E-state index in [9.17, 15) is 18.0 Å². The van der Waals surface area contributed by atoms with Crippen LogP contribution in [0.1, 0.15) is 12.8 Å². The van der Waals surface area contributed by atoms with Gasteiger partial charge in [0.2, 0.25) is 5.91 Å². The van der Waals surface area contributed by atoms with Gasteiger partial charge in [-0.1, -0.05) is 0 Å². The number of rotatable bonds is 3. The summed E-state index contributed by atoms with van der Waals surface area (Å²) in [4.78, 5) is 10.1. The predicted molar refractivity (Wildman–Crippen MR) is 39.7 cm³/mol. The van der Waals surface area contributed by atoms with Crippen molar-refractivity contribution < 1.29 is 18.0 Å². The molecule has 3 nitrogen and oxygen atoms in total. The molecule has 4 N–H and O–H groups in total. The van der Waals surface area contributed by atoms with Crippen LogP contribution in [0.3, 0.4) is 0 Å². The first kappa shape index (κ1) is 14.1. The summed E-state index contributed by atoms with van der Waals surface area (Å²) in [6.45, 7) is 0. The van der Waals surface area contributed by atoms with Crippen molar-refractivity contribution >= 4 is 18.3 Å². The van der Waals surface area contributed by atoms with E-state index in [2.05, 4.69) is 5.73 Å². The van der Waals surface area contributed by atoms with Crippen molar-refractivity contribution in [3.63, 3.8) is 0 Å². The number of hydrogen-bond donors (Lipinski definition) is 2. The van der Waals surface area contributed by atoms with Crippen molar-refractivity contribution in [3.8, 4) is 0 Å². The van der Waals surface area contributed by atoms with Gasteiger partial charge < -0.3 is 11.5 Å². The first-order valence-electron chi connectivity index (χ1n) is 2.94. The molecule has 74 valence electrons. The molecule has 0 heterocycles. The molecule has 0 radical (unpaired) electrons. The molecule has 0 aliphatic rings. The van der Waals surface area contributed by atoms with Gasteiger partial charge in [-0.15, -0.1) is 12.4 Å². The highest BCUT2D eigenvalue weighted by atomic mass is 35.5. The maximum absolute atomic E-state index is 11.5. The van der Waals surface area contributed by atoms with E-state index < -0.39 is 31.0 Å². The molecule has 12 heavy (non-hydrogen) atoms. The molecule has 0 aromatic rings. The summed E-state index contributed by atoms with van der Waals surface area (Å²) in [6.07, 6.45) is -5.79. The summed E-state index contributed by atoms with van der Waals surface area (Å²) in [5.74, 6) is -0.908. The molecule has 7 heteroatoms.